The third kappa shape index (κ3) is 3.82. The van der Waals surface area contributed by atoms with Crippen molar-refractivity contribution in [2.75, 3.05) is 7.11 Å². The Morgan fingerprint density at radius 2 is 2.00 bits per heavy atom. The average molecular weight is 475 g/mol. The van der Waals surface area contributed by atoms with Gasteiger partial charge in [0.15, 0.2) is 11.5 Å². The Balaban J connectivity index is 1.44. The minimum atomic E-state index is -0.452. The van der Waals surface area contributed by atoms with Crippen LogP contribution in [0.15, 0.2) is 54.9 Å². The van der Waals surface area contributed by atoms with Crippen LogP contribution in [0.3, 0.4) is 0 Å². The molecular weight excluding hydrogens is 458 g/mol. The van der Waals surface area contributed by atoms with E-state index in [-0.39, 0.29) is 12.3 Å². The molecule has 0 aliphatic carbocycles. The van der Waals surface area contributed by atoms with Gasteiger partial charge in [-0.3, -0.25) is 10.1 Å². The number of nitro benzene ring substituents is 1. The number of nitrogens with zero attached hydrogens (tertiary/aromatic N) is 5. The van der Waals surface area contributed by atoms with E-state index in [0.717, 1.165) is 22.1 Å². The monoisotopic (exact) mass is 475 g/mol. The summed E-state index contributed by atoms with van der Waals surface area (Å²) in [5.74, 6) is 0.639. The summed E-state index contributed by atoms with van der Waals surface area (Å²) in [5.41, 5.74) is 3.06. The number of benzene rings is 2. The predicted octanol–water partition coefficient (Wildman–Crippen LogP) is 4.59. The van der Waals surface area contributed by atoms with Crippen LogP contribution in [0.1, 0.15) is 20.8 Å². The molecule has 3 aromatic heterocycles. The van der Waals surface area contributed by atoms with Crippen molar-refractivity contribution in [3.63, 3.8) is 0 Å². The fraction of sp³-hybridized carbons (Fsp3) is 0.130. The van der Waals surface area contributed by atoms with Crippen LogP contribution in [0.4, 0.5) is 5.69 Å². The standard InChI is InChI=1S/C23H17N5O5S/c1-13-18-21-25-20(26-27(21)12-24-22(18)34-19(13)23(29)32-2)15-5-3-4-14(10-15)11-33-17-8-6-16(7-9-17)28(30)31/h3-10,12H,11H2,1-2H3. The van der Waals surface area contributed by atoms with E-state index in [4.69, 9.17) is 14.5 Å². The van der Waals surface area contributed by atoms with Crippen molar-refractivity contribution in [1.82, 2.24) is 19.6 Å². The van der Waals surface area contributed by atoms with Crippen molar-refractivity contribution in [3.05, 3.63) is 81.0 Å². The summed E-state index contributed by atoms with van der Waals surface area (Å²) in [6.45, 7) is 2.12. The highest BCUT2D eigenvalue weighted by Gasteiger charge is 2.21. The van der Waals surface area contributed by atoms with Crippen molar-refractivity contribution >= 4 is 38.9 Å². The van der Waals surface area contributed by atoms with Gasteiger partial charge in [0.25, 0.3) is 5.69 Å². The van der Waals surface area contributed by atoms with Crippen LogP contribution in [-0.2, 0) is 11.3 Å². The molecule has 0 saturated heterocycles. The molecule has 0 N–H and O–H groups in total. The first-order chi connectivity index (χ1) is 16.4. The van der Waals surface area contributed by atoms with Gasteiger partial charge in [-0.25, -0.2) is 19.3 Å². The van der Waals surface area contributed by atoms with E-state index in [1.165, 1.54) is 30.6 Å². The van der Waals surface area contributed by atoms with E-state index >= 15 is 0 Å². The molecule has 170 valence electrons. The van der Waals surface area contributed by atoms with Crippen LogP contribution >= 0.6 is 11.3 Å². The maximum atomic E-state index is 12.1. The van der Waals surface area contributed by atoms with Gasteiger partial charge >= 0.3 is 5.97 Å². The maximum Gasteiger partial charge on any atom is 0.348 e. The third-order valence-electron chi connectivity index (χ3n) is 5.28. The predicted molar refractivity (Wildman–Crippen MR) is 125 cm³/mol. The molecule has 0 saturated carbocycles. The molecule has 10 nitrogen and oxygen atoms in total. The summed E-state index contributed by atoms with van der Waals surface area (Å²) in [7, 11) is 1.35. The number of carbonyl (C=O) groups excluding carboxylic acids is 1. The van der Waals surface area contributed by atoms with E-state index in [1.807, 2.05) is 31.2 Å². The van der Waals surface area contributed by atoms with Gasteiger partial charge in [0.2, 0.25) is 0 Å². The van der Waals surface area contributed by atoms with Crippen LogP contribution in [0.5, 0.6) is 5.75 Å². The van der Waals surface area contributed by atoms with Gasteiger partial charge in [-0.15, -0.1) is 16.4 Å². The van der Waals surface area contributed by atoms with Gasteiger partial charge in [-0.2, -0.15) is 0 Å². The minimum Gasteiger partial charge on any atom is -0.489 e. The number of aromatic nitrogens is 4. The molecule has 0 aliphatic heterocycles. The Morgan fingerprint density at radius 1 is 1.21 bits per heavy atom. The van der Waals surface area contributed by atoms with Crippen LogP contribution in [-0.4, -0.2) is 37.6 Å². The lowest BCUT2D eigenvalue weighted by Gasteiger charge is -2.07. The van der Waals surface area contributed by atoms with Gasteiger partial charge in [-0.05, 0) is 36.2 Å². The van der Waals surface area contributed by atoms with E-state index in [1.54, 1.807) is 23.0 Å². The molecule has 3 heterocycles. The fourth-order valence-electron chi connectivity index (χ4n) is 3.57. The lowest BCUT2D eigenvalue weighted by Crippen LogP contribution is -1.99. The van der Waals surface area contributed by atoms with Gasteiger partial charge in [0.1, 0.15) is 28.4 Å². The molecule has 0 aliphatic rings. The van der Waals surface area contributed by atoms with E-state index in [0.29, 0.717) is 26.9 Å². The number of hydrogen-bond acceptors (Lipinski definition) is 9. The molecule has 0 spiro atoms. The normalized spacial score (nSPS) is 11.1. The van der Waals surface area contributed by atoms with Gasteiger partial charge in [0, 0.05) is 17.7 Å². The second kappa shape index (κ2) is 8.52. The lowest BCUT2D eigenvalue weighted by atomic mass is 10.1. The van der Waals surface area contributed by atoms with Crippen LogP contribution in [0, 0.1) is 17.0 Å². The number of hydrogen-bond donors (Lipinski definition) is 0. The first kappa shape index (κ1) is 21.5. The number of nitro groups is 1. The minimum absolute atomic E-state index is 0.00966. The maximum absolute atomic E-state index is 12.1. The number of ether oxygens (including phenoxy) is 2. The number of methoxy groups -OCH3 is 1. The molecule has 0 fully saturated rings. The zero-order valence-corrected chi connectivity index (χ0v) is 18.9. The molecular formula is C23H17N5O5S. The summed E-state index contributed by atoms with van der Waals surface area (Å²) in [6.07, 6.45) is 1.58. The van der Waals surface area contributed by atoms with Crippen LogP contribution < -0.4 is 4.74 Å². The largest absolute Gasteiger partial charge is 0.489 e. The molecule has 0 atom stereocenters. The van der Waals surface area contributed by atoms with E-state index in [2.05, 4.69) is 10.1 Å². The van der Waals surface area contributed by atoms with Crippen LogP contribution in [0.2, 0.25) is 0 Å². The number of fused-ring (bicyclic) bond motifs is 3. The Hall–Kier alpha value is -4.38. The van der Waals surface area contributed by atoms with Crippen molar-refractivity contribution in [3.8, 4) is 17.1 Å². The summed E-state index contributed by atoms with van der Waals surface area (Å²) in [4.78, 5) is 32.8. The molecule has 11 heteroatoms. The van der Waals surface area contributed by atoms with E-state index in [9.17, 15) is 14.9 Å². The Kier molecular flexibility index (Phi) is 5.38. The van der Waals surface area contributed by atoms with E-state index < -0.39 is 10.9 Å². The molecule has 5 aromatic rings. The molecule has 0 radical (unpaired) electrons. The number of aryl methyl sites for hydroxylation is 1. The average Bonchev–Trinajstić information content (AvgIpc) is 3.44. The molecule has 0 amide bonds. The Morgan fingerprint density at radius 3 is 2.74 bits per heavy atom. The van der Waals surface area contributed by atoms with Crippen molar-refractivity contribution in [2.45, 2.75) is 13.5 Å². The second-order valence-corrected chi connectivity index (χ2v) is 8.42. The van der Waals surface area contributed by atoms with Crippen molar-refractivity contribution in [2.24, 2.45) is 0 Å². The van der Waals surface area contributed by atoms with Crippen molar-refractivity contribution in [1.29, 1.82) is 0 Å². The topological polar surface area (TPSA) is 122 Å². The zero-order valence-electron chi connectivity index (χ0n) is 18.1. The summed E-state index contributed by atoms with van der Waals surface area (Å²) >= 11 is 1.27. The van der Waals surface area contributed by atoms with Crippen molar-refractivity contribution < 1.29 is 19.2 Å². The summed E-state index contributed by atoms with van der Waals surface area (Å²) < 4.78 is 12.2. The smallest absolute Gasteiger partial charge is 0.348 e. The van der Waals surface area contributed by atoms with Gasteiger partial charge in [0.05, 0.1) is 17.4 Å². The summed E-state index contributed by atoms with van der Waals surface area (Å²) in [6, 6.07) is 13.6. The number of rotatable bonds is 6. The third-order valence-corrected chi connectivity index (χ3v) is 6.46. The number of carbonyl (C=O) groups is 1. The van der Waals surface area contributed by atoms with Crippen LogP contribution in [0.25, 0.3) is 27.3 Å². The van der Waals surface area contributed by atoms with Gasteiger partial charge in [-0.1, -0.05) is 18.2 Å². The first-order valence-electron chi connectivity index (χ1n) is 10.1. The quantitative estimate of drug-likeness (QED) is 0.199. The zero-order chi connectivity index (χ0) is 23.8. The number of non-ortho nitro benzene ring substituents is 1. The number of thiophene rings is 1. The molecule has 5 rings (SSSR count). The highest BCUT2D eigenvalue weighted by Crippen LogP contribution is 2.33. The fourth-order valence-corrected chi connectivity index (χ4v) is 4.64. The Bertz CT molecular complexity index is 1560. The summed E-state index contributed by atoms with van der Waals surface area (Å²) in [5, 5.41) is 16.1. The second-order valence-electron chi connectivity index (χ2n) is 7.42. The Labute approximate surface area is 196 Å². The number of esters is 1. The first-order valence-corrected chi connectivity index (χ1v) is 11.0. The highest BCUT2D eigenvalue weighted by atomic mass is 32.1. The molecule has 0 unspecified atom stereocenters. The molecule has 2 aromatic carbocycles. The molecule has 0 bridgehead atoms. The van der Waals surface area contributed by atoms with Gasteiger partial charge < -0.3 is 9.47 Å². The lowest BCUT2D eigenvalue weighted by molar-refractivity contribution is -0.384. The molecule has 34 heavy (non-hydrogen) atoms. The SMILES string of the molecule is COC(=O)c1sc2ncn3nc(-c4cccc(COc5ccc([N+](=O)[O-])cc5)c4)nc3c2c1C. The highest BCUT2D eigenvalue weighted by molar-refractivity contribution is 7.20.